The summed E-state index contributed by atoms with van der Waals surface area (Å²) >= 11 is 0. The van der Waals surface area contributed by atoms with Gasteiger partial charge in [0, 0.05) is 30.1 Å². The van der Waals surface area contributed by atoms with Gasteiger partial charge >= 0.3 is 5.97 Å². The van der Waals surface area contributed by atoms with Gasteiger partial charge in [-0.15, -0.1) is 0 Å². The van der Waals surface area contributed by atoms with Crippen molar-refractivity contribution in [1.82, 2.24) is 15.6 Å². The highest BCUT2D eigenvalue weighted by Gasteiger charge is 2.26. The highest BCUT2D eigenvalue weighted by atomic mass is 16.7. The molecule has 8 heteroatoms. The predicted molar refractivity (Wildman–Crippen MR) is 129 cm³/mol. The standard InChI is InChI=1S/C18H16N2O2.C8H15NO3/c1-2-4-14-12(3-1)13-7-8-19-17(18(13)20-14)11-5-6-15-16(9-11)22-10-21-15;1-5(2)4-7(8(11)12)9-6(3)10/h1-6,9,17,19-20H,7-8,10H2;5,7H,4H2,1-3H3,(H,9,10)(H,11,12)/t17-;7-/m11/s1. The van der Waals surface area contributed by atoms with Crippen LogP contribution in [0.5, 0.6) is 11.5 Å². The number of H-pyrrole nitrogens is 1. The van der Waals surface area contributed by atoms with Crippen LogP contribution in [0, 0.1) is 5.92 Å². The molecule has 34 heavy (non-hydrogen) atoms. The number of carboxylic acid groups (broad SMARTS) is 1. The summed E-state index contributed by atoms with van der Waals surface area (Å²) in [6, 6.07) is 14.1. The molecule has 3 aromatic rings. The number of carboxylic acids is 1. The topological polar surface area (TPSA) is 113 Å². The van der Waals surface area contributed by atoms with E-state index in [4.69, 9.17) is 14.6 Å². The van der Waals surface area contributed by atoms with Gasteiger partial charge in [0.2, 0.25) is 12.7 Å². The minimum atomic E-state index is -0.973. The number of amides is 1. The molecule has 8 nitrogen and oxygen atoms in total. The van der Waals surface area contributed by atoms with Gasteiger partial charge in [-0.05, 0) is 48.1 Å². The van der Waals surface area contributed by atoms with E-state index in [0.29, 0.717) is 13.2 Å². The summed E-state index contributed by atoms with van der Waals surface area (Å²) in [7, 11) is 0. The first kappa shape index (κ1) is 23.6. The number of nitrogens with one attached hydrogen (secondary N) is 3. The molecule has 0 bridgehead atoms. The molecule has 2 aliphatic heterocycles. The number of carbonyl (C=O) groups is 2. The summed E-state index contributed by atoms with van der Waals surface area (Å²) in [4.78, 5) is 24.7. The van der Waals surface area contributed by atoms with Crippen LogP contribution in [0.15, 0.2) is 42.5 Å². The average molecular weight is 466 g/mol. The van der Waals surface area contributed by atoms with Crippen LogP contribution in [0.2, 0.25) is 0 Å². The third-order valence-corrected chi connectivity index (χ3v) is 5.97. The van der Waals surface area contributed by atoms with Crippen LogP contribution in [-0.4, -0.2) is 41.3 Å². The number of rotatable bonds is 5. The number of fused-ring (bicyclic) bond motifs is 4. The van der Waals surface area contributed by atoms with Crippen LogP contribution >= 0.6 is 0 Å². The summed E-state index contributed by atoms with van der Waals surface area (Å²) in [5, 5.41) is 16.0. The second-order valence-corrected chi connectivity index (χ2v) is 9.03. The number of aliphatic carboxylic acids is 1. The van der Waals surface area contributed by atoms with Gasteiger partial charge in [-0.2, -0.15) is 0 Å². The van der Waals surface area contributed by atoms with Gasteiger partial charge < -0.3 is 30.2 Å². The fraction of sp³-hybridized carbons (Fsp3) is 0.385. The molecular formula is C26H31N3O5. The van der Waals surface area contributed by atoms with Crippen molar-refractivity contribution in [1.29, 1.82) is 0 Å². The first-order chi connectivity index (χ1) is 16.3. The number of aromatic nitrogens is 1. The second kappa shape index (κ2) is 10.2. The molecule has 2 aromatic carbocycles. The van der Waals surface area contributed by atoms with Crippen molar-refractivity contribution in [2.24, 2.45) is 5.92 Å². The van der Waals surface area contributed by atoms with Crippen LogP contribution in [-0.2, 0) is 16.0 Å². The molecule has 0 aliphatic carbocycles. The highest BCUT2D eigenvalue weighted by molar-refractivity contribution is 5.85. The monoisotopic (exact) mass is 465 g/mol. The van der Waals surface area contributed by atoms with E-state index < -0.39 is 12.0 Å². The van der Waals surface area contributed by atoms with Gasteiger partial charge in [-0.1, -0.05) is 38.1 Å². The summed E-state index contributed by atoms with van der Waals surface area (Å²) in [5.41, 5.74) is 5.11. The Morgan fingerprint density at radius 2 is 1.91 bits per heavy atom. The van der Waals surface area contributed by atoms with E-state index in [2.05, 4.69) is 52.0 Å². The fourth-order valence-electron chi connectivity index (χ4n) is 4.50. The van der Waals surface area contributed by atoms with Crippen molar-refractivity contribution in [2.45, 2.75) is 45.7 Å². The maximum absolute atomic E-state index is 10.6. The van der Waals surface area contributed by atoms with Crippen molar-refractivity contribution in [3.63, 3.8) is 0 Å². The van der Waals surface area contributed by atoms with E-state index in [1.165, 1.54) is 34.6 Å². The van der Waals surface area contributed by atoms with Crippen LogP contribution in [0.3, 0.4) is 0 Å². The smallest absolute Gasteiger partial charge is 0.326 e. The van der Waals surface area contributed by atoms with Crippen molar-refractivity contribution in [3.8, 4) is 11.5 Å². The largest absolute Gasteiger partial charge is 0.480 e. The summed E-state index contributed by atoms with van der Waals surface area (Å²) in [5.74, 6) is 0.652. The molecule has 4 N–H and O–H groups in total. The number of carbonyl (C=O) groups excluding carboxylic acids is 1. The van der Waals surface area contributed by atoms with Gasteiger partial charge in [-0.3, -0.25) is 4.79 Å². The van der Waals surface area contributed by atoms with E-state index >= 15 is 0 Å². The number of benzene rings is 2. The highest BCUT2D eigenvalue weighted by Crippen LogP contribution is 2.38. The quantitative estimate of drug-likeness (QED) is 0.457. The third kappa shape index (κ3) is 5.17. The molecule has 2 aliphatic rings. The minimum absolute atomic E-state index is 0.172. The molecule has 2 atom stereocenters. The molecule has 0 spiro atoms. The van der Waals surface area contributed by atoms with Gasteiger partial charge in [0.05, 0.1) is 6.04 Å². The molecule has 1 amide bonds. The van der Waals surface area contributed by atoms with Gasteiger partial charge in [0.1, 0.15) is 6.04 Å². The van der Waals surface area contributed by atoms with Crippen LogP contribution in [0.1, 0.15) is 50.1 Å². The first-order valence-electron chi connectivity index (χ1n) is 11.6. The SMILES string of the molecule is CC(=O)N[C@H](CC(C)C)C(=O)O.c1ccc2c3c([nH]c2c1)[C@@H](c1ccc2c(c1)OCO2)NCC3. The maximum Gasteiger partial charge on any atom is 0.326 e. The van der Waals surface area contributed by atoms with E-state index in [1.807, 2.05) is 19.9 Å². The number of aromatic amines is 1. The number of hydrogen-bond acceptors (Lipinski definition) is 5. The number of hydrogen-bond donors (Lipinski definition) is 4. The lowest BCUT2D eigenvalue weighted by Gasteiger charge is -2.25. The zero-order valence-corrected chi connectivity index (χ0v) is 19.7. The van der Waals surface area contributed by atoms with Crippen molar-refractivity contribution >= 4 is 22.8 Å². The average Bonchev–Trinajstić information content (AvgIpc) is 3.42. The summed E-state index contributed by atoms with van der Waals surface area (Å²) in [6.45, 7) is 6.44. The second-order valence-electron chi connectivity index (χ2n) is 9.03. The Balaban J connectivity index is 0.000000197. The van der Waals surface area contributed by atoms with Crippen LogP contribution in [0.25, 0.3) is 10.9 Å². The molecule has 0 fully saturated rings. The van der Waals surface area contributed by atoms with Gasteiger partial charge in [0.15, 0.2) is 11.5 Å². The Kier molecular flexibility index (Phi) is 7.07. The lowest BCUT2D eigenvalue weighted by molar-refractivity contribution is -0.142. The fourth-order valence-corrected chi connectivity index (χ4v) is 4.50. The number of ether oxygens (including phenoxy) is 2. The molecule has 0 unspecified atom stereocenters. The summed E-state index contributed by atoms with van der Waals surface area (Å²) < 4.78 is 10.9. The zero-order chi connectivity index (χ0) is 24.2. The first-order valence-corrected chi connectivity index (χ1v) is 11.6. The van der Waals surface area contributed by atoms with E-state index in [-0.39, 0.29) is 17.9 Å². The summed E-state index contributed by atoms with van der Waals surface area (Å²) in [6.07, 6.45) is 1.52. The zero-order valence-electron chi connectivity index (χ0n) is 19.7. The number of para-hydroxylation sites is 1. The third-order valence-electron chi connectivity index (χ3n) is 5.97. The maximum atomic E-state index is 10.6. The Morgan fingerprint density at radius 1 is 1.15 bits per heavy atom. The Hall–Kier alpha value is -3.52. The molecule has 5 rings (SSSR count). The molecule has 1 aromatic heterocycles. The van der Waals surface area contributed by atoms with Crippen molar-refractivity contribution in [2.75, 3.05) is 13.3 Å². The van der Waals surface area contributed by atoms with E-state index in [9.17, 15) is 9.59 Å². The molecule has 3 heterocycles. The van der Waals surface area contributed by atoms with Crippen molar-refractivity contribution < 1.29 is 24.2 Å². The van der Waals surface area contributed by atoms with E-state index in [1.54, 1.807) is 0 Å². The minimum Gasteiger partial charge on any atom is -0.480 e. The Morgan fingerprint density at radius 3 is 2.65 bits per heavy atom. The molecule has 180 valence electrons. The van der Waals surface area contributed by atoms with Gasteiger partial charge in [0.25, 0.3) is 0 Å². The Bertz CT molecular complexity index is 1190. The normalized spacial score (nSPS) is 17.0. The van der Waals surface area contributed by atoms with E-state index in [0.717, 1.165) is 24.5 Å². The molecular weight excluding hydrogens is 434 g/mol. The molecule has 0 radical (unpaired) electrons. The van der Waals surface area contributed by atoms with Gasteiger partial charge in [-0.25, -0.2) is 4.79 Å². The lowest BCUT2D eigenvalue weighted by Crippen LogP contribution is -2.40. The lowest BCUT2D eigenvalue weighted by atomic mass is 9.94. The molecule has 0 saturated heterocycles. The van der Waals surface area contributed by atoms with Crippen LogP contribution in [0.4, 0.5) is 0 Å². The van der Waals surface area contributed by atoms with Crippen molar-refractivity contribution in [3.05, 3.63) is 59.3 Å². The van der Waals surface area contributed by atoms with Crippen LogP contribution < -0.4 is 20.1 Å². The predicted octanol–water partition coefficient (Wildman–Crippen LogP) is 3.75. The Labute approximate surface area is 198 Å². The molecule has 0 saturated carbocycles.